The van der Waals surface area contributed by atoms with Crippen LogP contribution in [0.1, 0.15) is 48.5 Å². The monoisotopic (exact) mass is 438 g/mol. The molecule has 2 N–H and O–H groups in total. The molecule has 1 aromatic heterocycles. The molecule has 3 rings (SSSR count). The Balaban J connectivity index is 1.62. The van der Waals surface area contributed by atoms with Crippen LogP contribution < -0.4 is 10.6 Å². The molecular formula is C21H29F3N6O. The van der Waals surface area contributed by atoms with Gasteiger partial charge < -0.3 is 19.9 Å². The van der Waals surface area contributed by atoms with E-state index in [1.54, 1.807) is 12.1 Å². The number of hydrogen-bond acceptors (Lipinski definition) is 4. The van der Waals surface area contributed by atoms with E-state index in [-0.39, 0.29) is 6.61 Å². The first-order valence-electron chi connectivity index (χ1n) is 10.4. The number of aryl methyl sites for hydroxylation is 1. The Bertz CT molecular complexity index is 874. The number of halogens is 3. The highest BCUT2D eigenvalue weighted by molar-refractivity contribution is 5.80. The lowest BCUT2D eigenvalue weighted by Crippen LogP contribution is -2.42. The van der Waals surface area contributed by atoms with E-state index in [2.05, 4.69) is 25.8 Å². The zero-order valence-electron chi connectivity index (χ0n) is 17.9. The highest BCUT2D eigenvalue weighted by Gasteiger charge is 2.27. The topological polar surface area (TPSA) is 76.4 Å². The van der Waals surface area contributed by atoms with Crippen LogP contribution in [-0.4, -0.2) is 39.5 Å². The zero-order valence-corrected chi connectivity index (χ0v) is 17.9. The number of aliphatic imine (C=N–C) groups is 1. The van der Waals surface area contributed by atoms with E-state index in [1.807, 2.05) is 30.7 Å². The maximum Gasteiger partial charge on any atom is 0.411 e. The molecule has 0 spiro atoms. The quantitative estimate of drug-likeness (QED) is 0.488. The second-order valence-electron chi connectivity index (χ2n) is 7.79. The first-order valence-corrected chi connectivity index (χ1v) is 10.4. The summed E-state index contributed by atoms with van der Waals surface area (Å²) in [5.41, 5.74) is 1.58. The van der Waals surface area contributed by atoms with Crippen molar-refractivity contribution >= 4 is 5.96 Å². The first kappa shape index (κ1) is 23.1. The van der Waals surface area contributed by atoms with Crippen molar-refractivity contribution in [3.05, 3.63) is 47.0 Å². The Morgan fingerprint density at radius 2 is 1.97 bits per heavy atom. The molecule has 1 aliphatic carbocycles. The summed E-state index contributed by atoms with van der Waals surface area (Å²) in [6.45, 7) is 1.44. The molecule has 0 amide bonds. The third kappa shape index (κ3) is 7.54. The third-order valence-corrected chi connectivity index (χ3v) is 5.24. The predicted molar refractivity (Wildman–Crippen MR) is 111 cm³/mol. The SMILES string of the molecule is Cc1nnc(CNC(=NCc2cccc(COCC(F)(F)F)c2)NC2CCCC2)n1C. The molecule has 0 atom stereocenters. The Labute approximate surface area is 180 Å². The second kappa shape index (κ2) is 10.6. The maximum atomic E-state index is 12.3. The van der Waals surface area contributed by atoms with E-state index >= 15 is 0 Å². The van der Waals surface area contributed by atoms with E-state index in [9.17, 15) is 13.2 Å². The number of alkyl halides is 3. The molecule has 0 aliphatic heterocycles. The fourth-order valence-corrected chi connectivity index (χ4v) is 3.46. The molecule has 10 heteroatoms. The average molecular weight is 438 g/mol. The molecule has 31 heavy (non-hydrogen) atoms. The number of hydrogen-bond donors (Lipinski definition) is 2. The van der Waals surface area contributed by atoms with Crippen LogP contribution in [0, 0.1) is 6.92 Å². The minimum absolute atomic E-state index is 0.0893. The van der Waals surface area contributed by atoms with Crippen molar-refractivity contribution in [3.8, 4) is 0 Å². The van der Waals surface area contributed by atoms with Crippen LogP contribution in [0.25, 0.3) is 0 Å². The standard InChI is InChI=1S/C21H29F3N6O/c1-15-28-29-19(30(15)2)12-26-20(27-18-8-3-4-9-18)25-11-16-6-5-7-17(10-16)13-31-14-21(22,23)24/h5-7,10,18H,3-4,8-9,11-14H2,1-2H3,(H2,25,26,27). The number of ether oxygens (including phenoxy) is 1. The number of nitrogens with one attached hydrogen (secondary N) is 2. The van der Waals surface area contributed by atoms with Crippen molar-refractivity contribution in [1.82, 2.24) is 25.4 Å². The molecule has 170 valence electrons. The number of aromatic nitrogens is 3. The van der Waals surface area contributed by atoms with E-state index < -0.39 is 12.8 Å². The molecule has 2 aromatic rings. The van der Waals surface area contributed by atoms with Crippen molar-refractivity contribution in [1.29, 1.82) is 0 Å². The predicted octanol–water partition coefficient (Wildman–Crippen LogP) is 3.38. The number of nitrogens with zero attached hydrogens (tertiary/aromatic N) is 4. The lowest BCUT2D eigenvalue weighted by Gasteiger charge is -2.17. The molecule has 0 bridgehead atoms. The van der Waals surface area contributed by atoms with Crippen LogP contribution in [-0.2, 0) is 31.5 Å². The Morgan fingerprint density at radius 1 is 1.23 bits per heavy atom. The fourth-order valence-electron chi connectivity index (χ4n) is 3.46. The third-order valence-electron chi connectivity index (χ3n) is 5.24. The molecule has 1 aromatic carbocycles. The number of benzene rings is 1. The van der Waals surface area contributed by atoms with Gasteiger partial charge in [0.25, 0.3) is 0 Å². The van der Waals surface area contributed by atoms with Gasteiger partial charge in [0.15, 0.2) is 11.8 Å². The molecule has 1 saturated carbocycles. The van der Waals surface area contributed by atoms with Crippen LogP contribution in [0.5, 0.6) is 0 Å². The summed E-state index contributed by atoms with van der Waals surface area (Å²) < 4.78 is 43.5. The molecular weight excluding hydrogens is 409 g/mol. The van der Waals surface area contributed by atoms with Crippen molar-refractivity contribution in [2.45, 2.75) is 64.5 Å². The molecule has 1 aliphatic rings. The summed E-state index contributed by atoms with van der Waals surface area (Å²) in [4.78, 5) is 4.69. The highest BCUT2D eigenvalue weighted by Crippen LogP contribution is 2.18. The maximum absolute atomic E-state index is 12.3. The normalized spacial score (nSPS) is 15.5. The largest absolute Gasteiger partial charge is 0.411 e. The molecule has 7 nitrogen and oxygen atoms in total. The van der Waals surface area contributed by atoms with Crippen LogP contribution in [0.3, 0.4) is 0 Å². The summed E-state index contributed by atoms with van der Waals surface area (Å²) in [5, 5.41) is 15.0. The summed E-state index contributed by atoms with van der Waals surface area (Å²) in [6, 6.07) is 7.65. The van der Waals surface area contributed by atoms with Gasteiger partial charge in [0.2, 0.25) is 0 Å². The van der Waals surface area contributed by atoms with Gasteiger partial charge in [-0.25, -0.2) is 4.99 Å². The molecule has 0 unspecified atom stereocenters. The van der Waals surface area contributed by atoms with Gasteiger partial charge in [-0.05, 0) is 30.9 Å². The van der Waals surface area contributed by atoms with Gasteiger partial charge >= 0.3 is 6.18 Å². The van der Waals surface area contributed by atoms with E-state index in [4.69, 9.17) is 4.74 Å². The second-order valence-corrected chi connectivity index (χ2v) is 7.79. The lowest BCUT2D eigenvalue weighted by atomic mass is 10.1. The Kier molecular flexibility index (Phi) is 7.89. The van der Waals surface area contributed by atoms with E-state index in [1.165, 1.54) is 12.8 Å². The van der Waals surface area contributed by atoms with Crippen LogP contribution in [0.2, 0.25) is 0 Å². The minimum Gasteiger partial charge on any atom is -0.367 e. The van der Waals surface area contributed by atoms with Crippen LogP contribution in [0.4, 0.5) is 13.2 Å². The molecule has 1 fully saturated rings. The summed E-state index contributed by atoms with van der Waals surface area (Å²) >= 11 is 0. The Hall–Kier alpha value is -2.62. The average Bonchev–Trinajstić information content (AvgIpc) is 3.34. The van der Waals surface area contributed by atoms with Gasteiger partial charge in [-0.15, -0.1) is 10.2 Å². The number of guanidine groups is 1. The van der Waals surface area contributed by atoms with Crippen molar-refractivity contribution in [3.63, 3.8) is 0 Å². The van der Waals surface area contributed by atoms with Crippen molar-refractivity contribution in [2.75, 3.05) is 6.61 Å². The molecule has 1 heterocycles. The fraction of sp³-hybridized carbons (Fsp3) is 0.571. The van der Waals surface area contributed by atoms with Gasteiger partial charge in [-0.2, -0.15) is 13.2 Å². The van der Waals surface area contributed by atoms with Crippen LogP contribution in [0.15, 0.2) is 29.3 Å². The van der Waals surface area contributed by atoms with Crippen molar-refractivity contribution < 1.29 is 17.9 Å². The first-order chi connectivity index (χ1) is 14.8. The molecule has 0 radical (unpaired) electrons. The van der Waals surface area contributed by atoms with Gasteiger partial charge in [0.05, 0.1) is 19.7 Å². The van der Waals surface area contributed by atoms with Gasteiger partial charge in [0.1, 0.15) is 12.4 Å². The summed E-state index contributed by atoms with van der Waals surface area (Å²) in [7, 11) is 1.92. The Morgan fingerprint density at radius 3 is 2.65 bits per heavy atom. The summed E-state index contributed by atoms with van der Waals surface area (Å²) in [6.07, 6.45) is 0.294. The lowest BCUT2D eigenvalue weighted by molar-refractivity contribution is -0.176. The van der Waals surface area contributed by atoms with Crippen molar-refractivity contribution in [2.24, 2.45) is 12.0 Å². The van der Waals surface area contributed by atoms with Gasteiger partial charge in [-0.1, -0.05) is 37.1 Å². The number of rotatable bonds is 8. The van der Waals surface area contributed by atoms with E-state index in [0.717, 1.165) is 30.1 Å². The van der Waals surface area contributed by atoms with Gasteiger partial charge in [-0.3, -0.25) is 0 Å². The van der Waals surface area contributed by atoms with Crippen LogP contribution >= 0.6 is 0 Å². The summed E-state index contributed by atoms with van der Waals surface area (Å²) in [5.74, 6) is 2.33. The molecule has 0 saturated heterocycles. The minimum atomic E-state index is -4.32. The zero-order chi connectivity index (χ0) is 22.3. The highest BCUT2D eigenvalue weighted by atomic mass is 19.4. The van der Waals surface area contributed by atoms with Gasteiger partial charge in [0, 0.05) is 13.1 Å². The van der Waals surface area contributed by atoms with E-state index in [0.29, 0.717) is 30.7 Å². The smallest absolute Gasteiger partial charge is 0.367 e.